The molecule has 0 saturated heterocycles. The Morgan fingerprint density at radius 2 is 2.30 bits per heavy atom. The zero-order valence-corrected chi connectivity index (χ0v) is 10.9. The van der Waals surface area contributed by atoms with Gasteiger partial charge in [-0.1, -0.05) is 11.2 Å². The largest absolute Gasteiger partial charge is 0.387 e. The fourth-order valence-electron chi connectivity index (χ4n) is 1.68. The number of benzene rings is 1. The lowest BCUT2D eigenvalue weighted by Gasteiger charge is -2.06. The quantitative estimate of drug-likeness (QED) is 0.851. The van der Waals surface area contributed by atoms with Gasteiger partial charge >= 0.3 is 0 Å². The monoisotopic (exact) mass is 279 g/mol. The summed E-state index contributed by atoms with van der Waals surface area (Å²) in [4.78, 5) is 15.8. The molecule has 0 saturated carbocycles. The van der Waals surface area contributed by atoms with Gasteiger partial charge in [-0.3, -0.25) is 4.79 Å². The molecule has 0 atom stereocenters. The molecule has 1 amide bonds. The lowest BCUT2D eigenvalue weighted by molar-refractivity contribution is 0.0953. The van der Waals surface area contributed by atoms with Gasteiger partial charge in [0.15, 0.2) is 5.82 Å². The van der Waals surface area contributed by atoms with Crippen molar-refractivity contribution in [2.75, 3.05) is 6.54 Å². The highest BCUT2D eigenvalue weighted by atomic mass is 19.1. The summed E-state index contributed by atoms with van der Waals surface area (Å²) in [5.41, 5.74) is 1.00. The normalized spacial score (nSPS) is 10.6. The first kappa shape index (κ1) is 14.1. The van der Waals surface area contributed by atoms with Gasteiger partial charge in [0.1, 0.15) is 12.4 Å². The summed E-state index contributed by atoms with van der Waals surface area (Å²) in [6, 6.07) is 4.06. The number of amides is 1. The highest BCUT2D eigenvalue weighted by molar-refractivity contribution is 5.95. The number of hydrogen-bond acceptors (Lipinski definition) is 5. The fourth-order valence-corrected chi connectivity index (χ4v) is 1.68. The maximum absolute atomic E-state index is 13.1. The first-order chi connectivity index (χ1) is 9.60. The average molecular weight is 279 g/mol. The summed E-state index contributed by atoms with van der Waals surface area (Å²) < 4.78 is 17.8. The molecular formula is C13H14FN3O3. The molecule has 1 aromatic heterocycles. The molecule has 2 rings (SSSR count). The third-order valence-electron chi connectivity index (χ3n) is 2.72. The second-order valence-electron chi connectivity index (χ2n) is 4.23. The zero-order chi connectivity index (χ0) is 14.5. The minimum atomic E-state index is -0.452. The van der Waals surface area contributed by atoms with E-state index in [9.17, 15) is 9.18 Å². The van der Waals surface area contributed by atoms with Crippen molar-refractivity contribution in [1.29, 1.82) is 0 Å². The third kappa shape index (κ3) is 3.39. The first-order valence-electron chi connectivity index (χ1n) is 6.07. The Labute approximate surface area is 114 Å². The first-order valence-corrected chi connectivity index (χ1v) is 6.07. The summed E-state index contributed by atoms with van der Waals surface area (Å²) in [6.07, 6.45) is 0.365. The molecule has 0 bridgehead atoms. The van der Waals surface area contributed by atoms with Crippen LogP contribution in [0, 0.1) is 12.7 Å². The van der Waals surface area contributed by atoms with Crippen LogP contribution < -0.4 is 5.32 Å². The van der Waals surface area contributed by atoms with Gasteiger partial charge in [-0.2, -0.15) is 4.98 Å². The lowest BCUT2D eigenvalue weighted by Crippen LogP contribution is -2.26. The van der Waals surface area contributed by atoms with Crippen molar-refractivity contribution < 1.29 is 18.8 Å². The summed E-state index contributed by atoms with van der Waals surface area (Å²) in [7, 11) is 0. The number of nitrogens with one attached hydrogen (secondary N) is 1. The van der Waals surface area contributed by atoms with Gasteiger partial charge in [-0.15, -0.1) is 0 Å². The maximum atomic E-state index is 13.1. The van der Waals surface area contributed by atoms with Gasteiger partial charge in [-0.05, 0) is 24.6 Å². The van der Waals surface area contributed by atoms with Crippen LogP contribution in [0.3, 0.4) is 0 Å². The number of aryl methyl sites for hydroxylation is 1. The molecule has 0 unspecified atom stereocenters. The molecule has 106 valence electrons. The highest BCUT2D eigenvalue weighted by Crippen LogP contribution is 2.10. The van der Waals surface area contributed by atoms with E-state index in [4.69, 9.17) is 9.63 Å². The Balaban J connectivity index is 1.90. The van der Waals surface area contributed by atoms with Crippen LogP contribution in [0.15, 0.2) is 22.7 Å². The molecule has 2 N–H and O–H groups in total. The molecule has 7 heteroatoms. The number of hydrogen-bond donors (Lipinski definition) is 2. The van der Waals surface area contributed by atoms with Crippen molar-refractivity contribution in [2.45, 2.75) is 20.0 Å². The standard InChI is InChI=1S/C13H14FN3O3/c1-8-2-3-9(14)6-10(8)13(19)15-5-4-11-16-12(7-18)20-17-11/h2-3,6,18H,4-5,7H2,1H3,(H,15,19). The van der Waals surface area contributed by atoms with Gasteiger partial charge < -0.3 is 14.9 Å². The maximum Gasteiger partial charge on any atom is 0.252 e. The van der Waals surface area contributed by atoms with E-state index in [1.54, 1.807) is 13.0 Å². The van der Waals surface area contributed by atoms with E-state index in [1.165, 1.54) is 12.1 Å². The molecule has 0 radical (unpaired) electrons. The van der Waals surface area contributed by atoms with Gasteiger partial charge in [0.25, 0.3) is 11.8 Å². The van der Waals surface area contributed by atoms with Crippen molar-refractivity contribution >= 4 is 5.91 Å². The molecule has 1 aromatic carbocycles. The van der Waals surface area contributed by atoms with Crippen LogP contribution in [0.2, 0.25) is 0 Å². The molecule has 2 aromatic rings. The van der Waals surface area contributed by atoms with Gasteiger partial charge in [0.2, 0.25) is 0 Å². The molecule has 0 aliphatic heterocycles. The topological polar surface area (TPSA) is 88.2 Å². The van der Waals surface area contributed by atoms with Crippen molar-refractivity contribution in [2.24, 2.45) is 0 Å². The highest BCUT2D eigenvalue weighted by Gasteiger charge is 2.10. The van der Waals surface area contributed by atoms with Crippen LogP contribution in [0.1, 0.15) is 27.6 Å². The van der Waals surface area contributed by atoms with Crippen LogP contribution in [0.4, 0.5) is 4.39 Å². The van der Waals surface area contributed by atoms with Crippen LogP contribution >= 0.6 is 0 Å². The average Bonchev–Trinajstić information content (AvgIpc) is 2.89. The summed E-state index contributed by atoms with van der Waals surface area (Å²) in [6.45, 7) is 1.71. The number of halogens is 1. The van der Waals surface area contributed by atoms with Crippen LogP contribution in [0.25, 0.3) is 0 Å². The Morgan fingerprint density at radius 1 is 1.50 bits per heavy atom. The SMILES string of the molecule is Cc1ccc(F)cc1C(=O)NCCc1noc(CO)n1. The number of nitrogens with zero attached hydrogens (tertiary/aromatic N) is 2. The van der Waals surface area contributed by atoms with Gasteiger partial charge in [0.05, 0.1) is 0 Å². The lowest BCUT2D eigenvalue weighted by atomic mass is 10.1. The van der Waals surface area contributed by atoms with Crippen LogP contribution in [0.5, 0.6) is 0 Å². The number of aromatic nitrogens is 2. The molecule has 0 aliphatic carbocycles. The Kier molecular flexibility index (Phi) is 4.41. The molecule has 6 nitrogen and oxygen atoms in total. The van der Waals surface area contributed by atoms with Gasteiger partial charge in [-0.25, -0.2) is 4.39 Å². The van der Waals surface area contributed by atoms with E-state index < -0.39 is 5.82 Å². The molecule has 0 fully saturated rings. The number of aliphatic hydroxyl groups excluding tert-OH is 1. The Bertz CT molecular complexity index is 613. The molecule has 0 spiro atoms. The minimum Gasteiger partial charge on any atom is -0.387 e. The van der Waals surface area contributed by atoms with Crippen molar-refractivity contribution in [3.8, 4) is 0 Å². The van der Waals surface area contributed by atoms with E-state index in [0.717, 1.165) is 0 Å². The van der Waals surface area contributed by atoms with Crippen LogP contribution in [-0.4, -0.2) is 27.7 Å². The van der Waals surface area contributed by atoms with E-state index in [2.05, 4.69) is 15.5 Å². The molecular weight excluding hydrogens is 265 g/mol. The molecule has 1 heterocycles. The van der Waals surface area contributed by atoms with E-state index >= 15 is 0 Å². The second-order valence-corrected chi connectivity index (χ2v) is 4.23. The molecule has 20 heavy (non-hydrogen) atoms. The van der Waals surface area contributed by atoms with Gasteiger partial charge in [0, 0.05) is 18.5 Å². The predicted octanol–water partition coefficient (Wildman–Crippen LogP) is 0.982. The number of carbonyl (C=O) groups is 1. The summed E-state index contributed by atoms with van der Waals surface area (Å²) >= 11 is 0. The third-order valence-corrected chi connectivity index (χ3v) is 2.72. The van der Waals surface area contributed by atoms with Crippen molar-refractivity contribution in [3.05, 3.63) is 46.9 Å². The van der Waals surface area contributed by atoms with Crippen LogP contribution in [-0.2, 0) is 13.0 Å². The van der Waals surface area contributed by atoms with E-state index in [-0.39, 0.29) is 18.4 Å². The Morgan fingerprint density at radius 3 is 3.00 bits per heavy atom. The zero-order valence-electron chi connectivity index (χ0n) is 10.9. The fraction of sp³-hybridized carbons (Fsp3) is 0.308. The number of carbonyl (C=O) groups excluding carboxylic acids is 1. The van der Waals surface area contributed by atoms with Crippen molar-refractivity contribution in [1.82, 2.24) is 15.5 Å². The molecule has 0 aliphatic rings. The summed E-state index contributed by atoms with van der Waals surface area (Å²) in [5.74, 6) is -0.281. The van der Waals surface area contributed by atoms with E-state index in [1.807, 2.05) is 0 Å². The number of rotatable bonds is 5. The van der Waals surface area contributed by atoms with Crippen molar-refractivity contribution in [3.63, 3.8) is 0 Å². The number of aliphatic hydroxyl groups is 1. The smallest absolute Gasteiger partial charge is 0.252 e. The second kappa shape index (κ2) is 6.25. The van der Waals surface area contributed by atoms with E-state index in [0.29, 0.717) is 29.9 Å². The minimum absolute atomic E-state index is 0.132. The predicted molar refractivity (Wildman–Crippen MR) is 67.4 cm³/mol. The summed E-state index contributed by atoms with van der Waals surface area (Å²) in [5, 5.41) is 15.1. The Hall–Kier alpha value is -2.28.